The van der Waals surface area contributed by atoms with Crippen LogP contribution in [0, 0.1) is 0 Å². The molecular weight excluding hydrogens is 312 g/mol. The van der Waals surface area contributed by atoms with Gasteiger partial charge in [-0.25, -0.2) is 0 Å². The van der Waals surface area contributed by atoms with Gasteiger partial charge in [0.1, 0.15) is 18.5 Å². The molecule has 0 aromatic heterocycles. The molecule has 0 bridgehead atoms. The lowest BCUT2D eigenvalue weighted by atomic mass is 10.2. The number of ether oxygens (including phenoxy) is 2. The molecule has 0 heterocycles. The molecule has 0 aliphatic carbocycles. The number of aldehydes is 1. The van der Waals surface area contributed by atoms with Gasteiger partial charge in [0.2, 0.25) is 0 Å². The Bertz CT molecular complexity index is 395. The third-order valence-corrected chi connectivity index (χ3v) is 3.35. The number of aliphatic hydroxyl groups is 1. The van der Waals surface area contributed by atoms with E-state index < -0.39 is 6.10 Å². The number of hydrogen-bond acceptors (Lipinski definition) is 4. The second-order valence-electron chi connectivity index (χ2n) is 4.17. The highest BCUT2D eigenvalue weighted by Crippen LogP contribution is 2.27. The van der Waals surface area contributed by atoms with Gasteiger partial charge in [0.25, 0.3) is 0 Å². The van der Waals surface area contributed by atoms with E-state index in [1.165, 1.54) is 0 Å². The first-order chi connectivity index (χ1) is 9.19. The minimum atomic E-state index is -0.677. The van der Waals surface area contributed by atoms with Crippen LogP contribution in [-0.2, 0) is 4.74 Å². The van der Waals surface area contributed by atoms with E-state index in [1.54, 1.807) is 18.2 Å². The SMILES string of the molecule is CCCCOC[C@@H](O)COc1cccc(C=O)c1Br. The Labute approximate surface area is 121 Å². The van der Waals surface area contributed by atoms with Gasteiger partial charge in [0, 0.05) is 12.2 Å². The highest BCUT2D eigenvalue weighted by molar-refractivity contribution is 9.10. The van der Waals surface area contributed by atoms with Crippen molar-refractivity contribution in [2.75, 3.05) is 19.8 Å². The summed E-state index contributed by atoms with van der Waals surface area (Å²) >= 11 is 3.30. The molecule has 5 heteroatoms. The number of rotatable bonds is 9. The van der Waals surface area contributed by atoms with Crippen molar-refractivity contribution in [2.45, 2.75) is 25.9 Å². The second kappa shape index (κ2) is 9.07. The van der Waals surface area contributed by atoms with E-state index >= 15 is 0 Å². The fraction of sp³-hybridized carbons (Fsp3) is 0.500. The van der Waals surface area contributed by atoms with Crippen molar-refractivity contribution in [1.82, 2.24) is 0 Å². The zero-order valence-electron chi connectivity index (χ0n) is 11.0. The summed E-state index contributed by atoms with van der Waals surface area (Å²) in [6.45, 7) is 3.12. The molecule has 19 heavy (non-hydrogen) atoms. The summed E-state index contributed by atoms with van der Waals surface area (Å²) in [6, 6.07) is 5.16. The van der Waals surface area contributed by atoms with Crippen molar-refractivity contribution in [2.24, 2.45) is 0 Å². The molecule has 1 aromatic carbocycles. The number of aliphatic hydroxyl groups excluding tert-OH is 1. The maximum Gasteiger partial charge on any atom is 0.151 e. The van der Waals surface area contributed by atoms with Gasteiger partial charge in [-0.2, -0.15) is 0 Å². The van der Waals surface area contributed by atoms with E-state index in [2.05, 4.69) is 22.9 Å². The minimum Gasteiger partial charge on any atom is -0.490 e. The molecule has 0 spiro atoms. The van der Waals surface area contributed by atoms with Crippen LogP contribution < -0.4 is 4.74 Å². The monoisotopic (exact) mass is 330 g/mol. The van der Waals surface area contributed by atoms with E-state index in [0.29, 0.717) is 22.4 Å². The zero-order chi connectivity index (χ0) is 14.1. The first-order valence-electron chi connectivity index (χ1n) is 6.31. The van der Waals surface area contributed by atoms with Gasteiger partial charge in [-0.15, -0.1) is 0 Å². The quantitative estimate of drug-likeness (QED) is 0.558. The Morgan fingerprint density at radius 3 is 2.89 bits per heavy atom. The highest BCUT2D eigenvalue weighted by atomic mass is 79.9. The lowest BCUT2D eigenvalue weighted by molar-refractivity contribution is 0.0111. The lowest BCUT2D eigenvalue weighted by Crippen LogP contribution is -2.23. The van der Waals surface area contributed by atoms with E-state index in [1.807, 2.05) is 0 Å². The van der Waals surface area contributed by atoms with Crippen molar-refractivity contribution < 1.29 is 19.4 Å². The third kappa shape index (κ3) is 5.72. The van der Waals surface area contributed by atoms with Gasteiger partial charge in [-0.05, 0) is 28.4 Å². The van der Waals surface area contributed by atoms with Crippen LogP contribution in [0.1, 0.15) is 30.1 Å². The molecule has 0 saturated heterocycles. The van der Waals surface area contributed by atoms with Crippen LogP contribution >= 0.6 is 15.9 Å². The van der Waals surface area contributed by atoms with Gasteiger partial charge >= 0.3 is 0 Å². The smallest absolute Gasteiger partial charge is 0.151 e. The second-order valence-corrected chi connectivity index (χ2v) is 4.96. The Kier molecular flexibility index (Phi) is 7.70. The van der Waals surface area contributed by atoms with Crippen LogP contribution in [0.5, 0.6) is 5.75 Å². The molecule has 106 valence electrons. The first-order valence-corrected chi connectivity index (χ1v) is 7.10. The first kappa shape index (κ1) is 16.1. The van der Waals surface area contributed by atoms with Crippen LogP contribution in [-0.4, -0.2) is 37.3 Å². The molecule has 0 unspecified atom stereocenters. The topological polar surface area (TPSA) is 55.8 Å². The summed E-state index contributed by atoms with van der Waals surface area (Å²) in [4.78, 5) is 10.8. The Hall–Kier alpha value is -0.910. The molecule has 0 aliphatic heterocycles. The van der Waals surface area contributed by atoms with Crippen molar-refractivity contribution >= 4 is 22.2 Å². The average Bonchev–Trinajstić information content (AvgIpc) is 2.42. The zero-order valence-corrected chi connectivity index (χ0v) is 12.6. The highest BCUT2D eigenvalue weighted by Gasteiger charge is 2.09. The molecule has 1 rings (SSSR count). The number of unbranched alkanes of at least 4 members (excludes halogenated alkanes) is 1. The summed E-state index contributed by atoms with van der Waals surface area (Å²) in [5.41, 5.74) is 0.520. The van der Waals surface area contributed by atoms with Crippen molar-refractivity contribution in [3.05, 3.63) is 28.2 Å². The van der Waals surface area contributed by atoms with Crippen LogP contribution in [0.4, 0.5) is 0 Å². The average molecular weight is 331 g/mol. The number of benzene rings is 1. The molecule has 1 atom stereocenters. The molecule has 0 fully saturated rings. The fourth-order valence-electron chi connectivity index (χ4n) is 1.43. The van der Waals surface area contributed by atoms with E-state index in [-0.39, 0.29) is 13.2 Å². The molecular formula is C14H19BrO4. The van der Waals surface area contributed by atoms with Crippen molar-refractivity contribution in [3.63, 3.8) is 0 Å². The Morgan fingerprint density at radius 1 is 1.42 bits per heavy atom. The molecule has 0 radical (unpaired) electrons. The number of carbonyl (C=O) groups excluding carboxylic acids is 1. The molecule has 1 aromatic rings. The predicted molar refractivity (Wildman–Crippen MR) is 76.8 cm³/mol. The fourth-order valence-corrected chi connectivity index (χ4v) is 1.90. The van der Waals surface area contributed by atoms with Crippen molar-refractivity contribution in [1.29, 1.82) is 0 Å². The Morgan fingerprint density at radius 2 is 2.21 bits per heavy atom. The number of halogens is 1. The van der Waals surface area contributed by atoms with Gasteiger partial charge in [0.15, 0.2) is 6.29 Å². The van der Waals surface area contributed by atoms with Gasteiger partial charge in [-0.1, -0.05) is 25.5 Å². The maximum atomic E-state index is 10.8. The summed E-state index contributed by atoms with van der Waals surface area (Å²) in [6.07, 6.45) is 2.13. The van der Waals surface area contributed by atoms with E-state index in [0.717, 1.165) is 19.1 Å². The van der Waals surface area contributed by atoms with Gasteiger partial charge in [-0.3, -0.25) is 4.79 Å². The van der Waals surface area contributed by atoms with Gasteiger partial charge in [0.05, 0.1) is 11.1 Å². The summed E-state index contributed by atoms with van der Waals surface area (Å²) < 4.78 is 11.4. The lowest BCUT2D eigenvalue weighted by Gasteiger charge is -2.14. The molecule has 4 nitrogen and oxygen atoms in total. The predicted octanol–water partition coefficient (Wildman–Crippen LogP) is 2.82. The number of hydrogen-bond donors (Lipinski definition) is 1. The molecule has 1 N–H and O–H groups in total. The van der Waals surface area contributed by atoms with Crippen molar-refractivity contribution in [3.8, 4) is 5.75 Å². The van der Waals surface area contributed by atoms with E-state index in [9.17, 15) is 9.90 Å². The van der Waals surface area contributed by atoms with Gasteiger partial charge < -0.3 is 14.6 Å². The summed E-state index contributed by atoms with van der Waals surface area (Å²) in [7, 11) is 0. The normalized spacial score (nSPS) is 12.2. The molecule has 0 aliphatic rings. The van der Waals surface area contributed by atoms with Crippen LogP contribution in [0.25, 0.3) is 0 Å². The molecule has 0 saturated carbocycles. The minimum absolute atomic E-state index is 0.132. The Balaban J connectivity index is 2.37. The number of carbonyl (C=O) groups is 1. The van der Waals surface area contributed by atoms with Crippen LogP contribution in [0.2, 0.25) is 0 Å². The largest absolute Gasteiger partial charge is 0.490 e. The standard InChI is InChI=1S/C14H19BrO4/c1-2-3-7-18-9-12(17)10-19-13-6-4-5-11(8-16)14(13)15/h4-6,8,12,17H,2-3,7,9-10H2,1H3/t12-/m1/s1. The maximum absolute atomic E-state index is 10.8. The van der Waals surface area contributed by atoms with Crippen LogP contribution in [0.15, 0.2) is 22.7 Å². The van der Waals surface area contributed by atoms with E-state index in [4.69, 9.17) is 9.47 Å². The molecule has 0 amide bonds. The summed E-state index contributed by atoms with van der Waals surface area (Å²) in [5, 5.41) is 9.69. The summed E-state index contributed by atoms with van der Waals surface area (Å²) in [5.74, 6) is 0.539. The third-order valence-electron chi connectivity index (χ3n) is 2.50. The van der Waals surface area contributed by atoms with Crippen LogP contribution in [0.3, 0.4) is 0 Å².